The molecule has 0 spiro atoms. The zero-order valence-electron chi connectivity index (χ0n) is 16.1. The molecule has 0 radical (unpaired) electrons. The van der Waals surface area contributed by atoms with Gasteiger partial charge in [0.1, 0.15) is 11.5 Å². The van der Waals surface area contributed by atoms with Crippen molar-refractivity contribution in [2.75, 3.05) is 27.4 Å². The smallest absolute Gasteiger partial charge is 0.331 e. The third-order valence-corrected chi connectivity index (χ3v) is 3.99. The van der Waals surface area contributed by atoms with Gasteiger partial charge in [-0.15, -0.1) is 0 Å². The standard InChI is InChI=1S/C22H25NO5/c1-26-19-12-10-18(20(15-19)27-2)11-13-22(25)28-16-21(24)23-14-6-9-17-7-4-3-5-8-17/h3-5,7-8,10-13,15H,6,9,14,16H2,1-2H3,(H,23,24)/b13-11+. The van der Waals surface area contributed by atoms with Crippen molar-refractivity contribution in [2.45, 2.75) is 12.8 Å². The van der Waals surface area contributed by atoms with Gasteiger partial charge in [0.2, 0.25) is 0 Å². The van der Waals surface area contributed by atoms with E-state index in [9.17, 15) is 9.59 Å². The summed E-state index contributed by atoms with van der Waals surface area (Å²) in [5.41, 5.74) is 1.92. The molecule has 0 unspecified atom stereocenters. The second kappa shape index (κ2) is 11.4. The molecule has 0 heterocycles. The summed E-state index contributed by atoms with van der Waals surface area (Å²) in [5.74, 6) is 0.300. The van der Waals surface area contributed by atoms with Gasteiger partial charge in [0.05, 0.1) is 14.2 Å². The van der Waals surface area contributed by atoms with Gasteiger partial charge in [0.25, 0.3) is 5.91 Å². The quantitative estimate of drug-likeness (QED) is 0.388. The number of rotatable bonds is 10. The zero-order chi connectivity index (χ0) is 20.2. The largest absolute Gasteiger partial charge is 0.497 e. The summed E-state index contributed by atoms with van der Waals surface area (Å²) in [7, 11) is 3.10. The van der Waals surface area contributed by atoms with Crippen LogP contribution in [0.2, 0.25) is 0 Å². The van der Waals surface area contributed by atoms with E-state index in [4.69, 9.17) is 14.2 Å². The second-order valence-electron chi connectivity index (χ2n) is 5.99. The van der Waals surface area contributed by atoms with E-state index in [1.54, 1.807) is 31.4 Å². The SMILES string of the molecule is COc1ccc(/C=C/C(=O)OCC(=O)NCCCc2ccccc2)c(OC)c1. The molecule has 1 N–H and O–H groups in total. The molecule has 2 rings (SSSR count). The number of esters is 1. The van der Waals surface area contributed by atoms with Crippen LogP contribution in [0.1, 0.15) is 17.5 Å². The molecule has 0 saturated heterocycles. The highest BCUT2D eigenvalue weighted by Gasteiger charge is 2.06. The van der Waals surface area contributed by atoms with Crippen LogP contribution in [0.25, 0.3) is 6.08 Å². The molecule has 2 aromatic carbocycles. The minimum atomic E-state index is -0.600. The number of methoxy groups -OCH3 is 2. The topological polar surface area (TPSA) is 73.9 Å². The van der Waals surface area contributed by atoms with Gasteiger partial charge < -0.3 is 19.5 Å². The fourth-order valence-corrected chi connectivity index (χ4v) is 2.51. The van der Waals surface area contributed by atoms with Crippen molar-refractivity contribution in [1.29, 1.82) is 0 Å². The molecule has 0 aliphatic heterocycles. The van der Waals surface area contributed by atoms with Crippen molar-refractivity contribution in [3.05, 3.63) is 65.7 Å². The van der Waals surface area contributed by atoms with Crippen LogP contribution in [-0.2, 0) is 20.7 Å². The van der Waals surface area contributed by atoms with E-state index >= 15 is 0 Å². The second-order valence-corrected chi connectivity index (χ2v) is 5.99. The van der Waals surface area contributed by atoms with Crippen molar-refractivity contribution in [3.8, 4) is 11.5 Å². The molecule has 0 aliphatic carbocycles. The maximum atomic E-state index is 11.8. The number of benzene rings is 2. The Bertz CT molecular complexity index is 802. The molecular weight excluding hydrogens is 358 g/mol. The molecule has 0 atom stereocenters. The highest BCUT2D eigenvalue weighted by Crippen LogP contribution is 2.25. The molecule has 2 aromatic rings. The Hall–Kier alpha value is -3.28. The van der Waals surface area contributed by atoms with Crippen LogP contribution >= 0.6 is 0 Å². The van der Waals surface area contributed by atoms with Gasteiger partial charge in [-0.1, -0.05) is 30.3 Å². The molecule has 148 valence electrons. The third kappa shape index (κ3) is 7.15. The maximum absolute atomic E-state index is 11.8. The Morgan fingerprint density at radius 1 is 1.04 bits per heavy atom. The van der Waals surface area contributed by atoms with Crippen molar-refractivity contribution < 1.29 is 23.8 Å². The van der Waals surface area contributed by atoms with Crippen LogP contribution < -0.4 is 14.8 Å². The highest BCUT2D eigenvalue weighted by atomic mass is 16.5. The third-order valence-electron chi connectivity index (χ3n) is 3.99. The first-order valence-corrected chi connectivity index (χ1v) is 9.00. The van der Waals surface area contributed by atoms with E-state index in [1.807, 2.05) is 30.3 Å². The number of ether oxygens (including phenoxy) is 3. The number of aryl methyl sites for hydroxylation is 1. The Morgan fingerprint density at radius 2 is 1.82 bits per heavy atom. The zero-order valence-corrected chi connectivity index (χ0v) is 16.1. The number of amides is 1. The van der Waals surface area contributed by atoms with E-state index in [2.05, 4.69) is 5.32 Å². The normalized spacial score (nSPS) is 10.5. The Kier molecular flexibility index (Phi) is 8.59. The minimum Gasteiger partial charge on any atom is -0.497 e. The summed E-state index contributed by atoms with van der Waals surface area (Å²) in [6, 6.07) is 15.3. The summed E-state index contributed by atoms with van der Waals surface area (Å²) in [5, 5.41) is 2.74. The Morgan fingerprint density at radius 3 is 2.54 bits per heavy atom. The van der Waals surface area contributed by atoms with E-state index in [1.165, 1.54) is 18.7 Å². The Labute approximate surface area is 165 Å². The summed E-state index contributed by atoms with van der Waals surface area (Å²) < 4.78 is 15.3. The van der Waals surface area contributed by atoms with E-state index in [-0.39, 0.29) is 12.5 Å². The lowest BCUT2D eigenvalue weighted by atomic mass is 10.1. The van der Waals surface area contributed by atoms with Crippen molar-refractivity contribution in [3.63, 3.8) is 0 Å². The Balaban J connectivity index is 1.70. The first kappa shape index (κ1) is 21.0. The maximum Gasteiger partial charge on any atom is 0.331 e. The molecule has 28 heavy (non-hydrogen) atoms. The van der Waals surface area contributed by atoms with Gasteiger partial charge in [0.15, 0.2) is 6.61 Å². The van der Waals surface area contributed by atoms with Crippen LogP contribution in [0.15, 0.2) is 54.6 Å². The molecule has 0 aromatic heterocycles. The van der Waals surface area contributed by atoms with Gasteiger partial charge in [-0.3, -0.25) is 4.79 Å². The number of hydrogen-bond acceptors (Lipinski definition) is 5. The van der Waals surface area contributed by atoms with Gasteiger partial charge in [-0.2, -0.15) is 0 Å². The fraction of sp³-hybridized carbons (Fsp3) is 0.273. The lowest BCUT2D eigenvalue weighted by Gasteiger charge is -2.07. The summed E-state index contributed by atoms with van der Waals surface area (Å²) in [4.78, 5) is 23.6. The minimum absolute atomic E-state index is 0.311. The summed E-state index contributed by atoms with van der Waals surface area (Å²) in [6.45, 7) is 0.221. The van der Waals surface area contributed by atoms with E-state index in [0.717, 1.165) is 12.8 Å². The van der Waals surface area contributed by atoms with Crippen molar-refractivity contribution >= 4 is 18.0 Å². The fourth-order valence-electron chi connectivity index (χ4n) is 2.51. The molecule has 1 amide bonds. The molecule has 6 heteroatoms. The molecule has 0 aliphatic rings. The predicted molar refractivity (Wildman–Crippen MR) is 107 cm³/mol. The molecule has 0 saturated carbocycles. The van der Waals surface area contributed by atoms with Gasteiger partial charge in [-0.05, 0) is 36.6 Å². The summed E-state index contributed by atoms with van der Waals surface area (Å²) >= 11 is 0. The van der Waals surface area contributed by atoms with Crippen LogP contribution in [0, 0.1) is 0 Å². The van der Waals surface area contributed by atoms with Crippen LogP contribution in [0.5, 0.6) is 11.5 Å². The summed E-state index contributed by atoms with van der Waals surface area (Å²) in [6.07, 6.45) is 4.53. The number of nitrogens with one attached hydrogen (secondary N) is 1. The van der Waals surface area contributed by atoms with Gasteiger partial charge >= 0.3 is 5.97 Å². The number of hydrogen-bond donors (Lipinski definition) is 1. The van der Waals surface area contributed by atoms with E-state index < -0.39 is 5.97 Å². The van der Waals surface area contributed by atoms with Crippen molar-refractivity contribution in [1.82, 2.24) is 5.32 Å². The van der Waals surface area contributed by atoms with Gasteiger partial charge in [0, 0.05) is 24.3 Å². The monoisotopic (exact) mass is 383 g/mol. The lowest BCUT2D eigenvalue weighted by Crippen LogP contribution is -2.29. The highest BCUT2D eigenvalue weighted by molar-refractivity contribution is 5.89. The molecular formula is C22H25NO5. The average Bonchev–Trinajstić information content (AvgIpc) is 2.74. The van der Waals surface area contributed by atoms with Crippen LogP contribution in [0.3, 0.4) is 0 Å². The predicted octanol–water partition coefficient (Wildman–Crippen LogP) is 3.01. The van der Waals surface area contributed by atoms with Crippen molar-refractivity contribution in [2.24, 2.45) is 0 Å². The number of carbonyl (C=O) groups is 2. The van der Waals surface area contributed by atoms with E-state index in [0.29, 0.717) is 23.6 Å². The van der Waals surface area contributed by atoms with Crippen LogP contribution in [-0.4, -0.2) is 39.2 Å². The lowest BCUT2D eigenvalue weighted by molar-refractivity contribution is -0.143. The molecule has 6 nitrogen and oxygen atoms in total. The number of carbonyl (C=O) groups excluding carboxylic acids is 2. The van der Waals surface area contributed by atoms with Gasteiger partial charge in [-0.25, -0.2) is 4.79 Å². The first-order chi connectivity index (χ1) is 13.6. The first-order valence-electron chi connectivity index (χ1n) is 9.00. The average molecular weight is 383 g/mol. The molecule has 0 fully saturated rings. The molecule has 0 bridgehead atoms. The van der Waals surface area contributed by atoms with Crippen LogP contribution in [0.4, 0.5) is 0 Å².